The molecule has 0 atom stereocenters. The zero-order valence-electron chi connectivity index (χ0n) is 14.5. The molecule has 0 saturated heterocycles. The number of nitrogens with zero attached hydrogens (tertiary/aromatic N) is 4. The first-order valence-electron chi connectivity index (χ1n) is 7.97. The lowest BCUT2D eigenvalue weighted by atomic mass is 10.1. The average Bonchev–Trinajstić information content (AvgIpc) is 2.91. The number of amides is 1. The molecule has 26 heavy (non-hydrogen) atoms. The van der Waals surface area contributed by atoms with E-state index in [1.54, 1.807) is 11.5 Å². The molecule has 0 bridgehead atoms. The van der Waals surface area contributed by atoms with E-state index in [4.69, 9.17) is 0 Å². The van der Waals surface area contributed by atoms with E-state index in [0.717, 1.165) is 22.7 Å². The van der Waals surface area contributed by atoms with Gasteiger partial charge in [0.1, 0.15) is 24.0 Å². The van der Waals surface area contributed by atoms with Crippen molar-refractivity contribution in [2.45, 2.75) is 33.2 Å². The zero-order chi connectivity index (χ0) is 19.0. The van der Waals surface area contributed by atoms with E-state index < -0.39 is 17.5 Å². The quantitative estimate of drug-likeness (QED) is 0.773. The highest BCUT2D eigenvalue weighted by Gasteiger charge is 2.17. The molecule has 9 heteroatoms. The summed E-state index contributed by atoms with van der Waals surface area (Å²) in [6, 6.07) is 4.16. The molecular weight excluding hydrogens is 344 g/mol. The van der Waals surface area contributed by atoms with Crippen molar-refractivity contribution in [2.24, 2.45) is 0 Å². The minimum atomic E-state index is -0.790. The summed E-state index contributed by atoms with van der Waals surface area (Å²) in [5, 5.41) is 6.48. The number of nitrogens with one attached hydrogen (secondary N) is 1. The largest absolute Gasteiger partial charge is 0.324 e. The van der Waals surface area contributed by atoms with E-state index in [-0.39, 0.29) is 29.5 Å². The predicted octanol–water partition coefficient (Wildman–Crippen LogP) is 2.24. The second-order valence-electron chi connectivity index (χ2n) is 6.23. The molecule has 0 spiro atoms. The van der Waals surface area contributed by atoms with Crippen molar-refractivity contribution >= 4 is 17.4 Å². The molecule has 136 valence electrons. The van der Waals surface area contributed by atoms with Crippen molar-refractivity contribution in [1.29, 1.82) is 0 Å². The topological polar surface area (TPSA) is 81.3 Å². The van der Waals surface area contributed by atoms with Gasteiger partial charge in [0.05, 0.1) is 0 Å². The van der Waals surface area contributed by atoms with Gasteiger partial charge < -0.3 is 9.88 Å². The third-order valence-electron chi connectivity index (χ3n) is 3.77. The third-order valence-corrected chi connectivity index (χ3v) is 3.77. The molecule has 7 nitrogen and oxygen atoms in total. The van der Waals surface area contributed by atoms with E-state index in [2.05, 4.69) is 15.4 Å². The van der Waals surface area contributed by atoms with Crippen LogP contribution in [0.4, 0.5) is 14.5 Å². The molecule has 0 unspecified atom stereocenters. The van der Waals surface area contributed by atoms with Crippen molar-refractivity contribution in [2.75, 3.05) is 5.32 Å². The smallest absolute Gasteiger partial charge is 0.275 e. The van der Waals surface area contributed by atoms with Gasteiger partial charge in [-0.25, -0.2) is 8.78 Å². The molecule has 1 aromatic carbocycles. The number of benzene rings is 1. The highest BCUT2D eigenvalue weighted by molar-refractivity contribution is 5.90. The van der Waals surface area contributed by atoms with Gasteiger partial charge in [-0.15, -0.1) is 5.10 Å². The molecule has 3 rings (SSSR count). The summed E-state index contributed by atoms with van der Waals surface area (Å²) in [5.74, 6) is -1.51. The van der Waals surface area contributed by atoms with E-state index in [1.165, 1.54) is 6.07 Å². The number of aromatic nitrogens is 4. The molecule has 0 radical (unpaired) electrons. The summed E-state index contributed by atoms with van der Waals surface area (Å²) in [6.07, 6.45) is 0. The lowest BCUT2D eigenvalue weighted by Gasteiger charge is -2.16. The fourth-order valence-corrected chi connectivity index (χ4v) is 2.72. The van der Waals surface area contributed by atoms with Crippen LogP contribution in [0.25, 0.3) is 5.78 Å². The molecule has 2 aromatic heterocycles. The summed E-state index contributed by atoms with van der Waals surface area (Å²) >= 11 is 0. The number of aryl methyl sites for hydroxylation is 1. The van der Waals surface area contributed by atoms with Crippen molar-refractivity contribution in [3.8, 4) is 0 Å². The molecular formula is C17H17F2N5O2. The monoisotopic (exact) mass is 361 g/mol. The summed E-state index contributed by atoms with van der Waals surface area (Å²) in [5.41, 5.74) is 0.275. The number of carbonyl (C=O) groups excluding carboxylic acids is 1. The molecule has 0 aliphatic carbocycles. The number of rotatable bonds is 4. The molecule has 1 N–H and O–H groups in total. The van der Waals surface area contributed by atoms with Crippen LogP contribution in [0.2, 0.25) is 0 Å². The highest BCUT2D eigenvalue weighted by Crippen LogP contribution is 2.16. The number of halogens is 2. The Hall–Kier alpha value is -3.10. The van der Waals surface area contributed by atoms with Crippen LogP contribution in [0, 0.1) is 18.6 Å². The van der Waals surface area contributed by atoms with Gasteiger partial charge in [-0.2, -0.15) is 9.50 Å². The summed E-state index contributed by atoms with van der Waals surface area (Å²) in [4.78, 5) is 28.8. The van der Waals surface area contributed by atoms with Gasteiger partial charge in [0, 0.05) is 23.5 Å². The highest BCUT2D eigenvalue weighted by atomic mass is 19.1. The molecule has 1 amide bonds. The molecule has 0 aliphatic rings. The third kappa shape index (κ3) is 3.46. The molecule has 0 saturated carbocycles. The van der Waals surface area contributed by atoms with Gasteiger partial charge in [0.15, 0.2) is 0 Å². The minimum absolute atomic E-state index is 0.00769. The van der Waals surface area contributed by atoms with Crippen LogP contribution in [-0.4, -0.2) is 25.1 Å². The fourth-order valence-electron chi connectivity index (χ4n) is 2.72. The van der Waals surface area contributed by atoms with Crippen molar-refractivity contribution in [1.82, 2.24) is 19.2 Å². The van der Waals surface area contributed by atoms with Crippen LogP contribution in [0.5, 0.6) is 0 Å². The van der Waals surface area contributed by atoms with E-state index in [0.29, 0.717) is 11.5 Å². The summed E-state index contributed by atoms with van der Waals surface area (Å²) < 4.78 is 29.2. The normalized spacial score (nSPS) is 11.3. The van der Waals surface area contributed by atoms with Crippen molar-refractivity contribution in [3.63, 3.8) is 0 Å². The van der Waals surface area contributed by atoms with Crippen LogP contribution >= 0.6 is 0 Å². The standard InChI is InChI=1S/C17H17F2N5O2/c1-9(2)14-7-16(26)24-17(20-10(3)22-24)23(14)8-15(25)21-13-5-11(18)4-12(19)6-13/h4-7,9H,8H2,1-3H3,(H,21,25). The Labute approximate surface area is 147 Å². The maximum atomic E-state index is 13.3. The van der Waals surface area contributed by atoms with Gasteiger partial charge >= 0.3 is 0 Å². The van der Waals surface area contributed by atoms with E-state index in [9.17, 15) is 18.4 Å². The molecule has 3 aromatic rings. The lowest BCUT2D eigenvalue weighted by molar-refractivity contribution is -0.116. The summed E-state index contributed by atoms with van der Waals surface area (Å²) in [7, 11) is 0. The number of carbonyl (C=O) groups is 1. The Balaban J connectivity index is 1.99. The van der Waals surface area contributed by atoms with Gasteiger partial charge in [-0.05, 0) is 25.0 Å². The maximum Gasteiger partial charge on any atom is 0.275 e. The minimum Gasteiger partial charge on any atom is -0.324 e. The van der Waals surface area contributed by atoms with Crippen molar-refractivity contribution in [3.05, 3.63) is 57.8 Å². The van der Waals surface area contributed by atoms with Crippen LogP contribution in [0.15, 0.2) is 29.1 Å². The van der Waals surface area contributed by atoms with Gasteiger partial charge in [-0.3, -0.25) is 9.59 Å². The first kappa shape index (κ1) is 17.7. The second-order valence-corrected chi connectivity index (χ2v) is 6.23. The molecule has 0 fully saturated rings. The maximum absolute atomic E-state index is 13.3. The van der Waals surface area contributed by atoms with Gasteiger partial charge in [-0.1, -0.05) is 13.8 Å². The first-order chi connectivity index (χ1) is 12.2. The Bertz CT molecular complexity index is 1030. The Kier molecular flexibility index (Phi) is 4.54. The Morgan fingerprint density at radius 2 is 1.85 bits per heavy atom. The van der Waals surface area contributed by atoms with E-state index >= 15 is 0 Å². The van der Waals surface area contributed by atoms with Crippen LogP contribution in [-0.2, 0) is 11.3 Å². The van der Waals surface area contributed by atoms with Gasteiger partial charge in [0.25, 0.3) is 5.56 Å². The fraction of sp³-hybridized carbons (Fsp3) is 0.294. The van der Waals surface area contributed by atoms with E-state index in [1.807, 2.05) is 13.8 Å². The van der Waals surface area contributed by atoms with Crippen molar-refractivity contribution < 1.29 is 13.6 Å². The first-order valence-corrected chi connectivity index (χ1v) is 7.97. The Morgan fingerprint density at radius 1 is 1.19 bits per heavy atom. The lowest BCUT2D eigenvalue weighted by Crippen LogP contribution is -2.27. The van der Waals surface area contributed by atoms with Crippen LogP contribution in [0.1, 0.15) is 31.3 Å². The number of anilines is 1. The zero-order valence-corrected chi connectivity index (χ0v) is 14.5. The molecule has 2 heterocycles. The number of fused-ring (bicyclic) bond motifs is 1. The van der Waals surface area contributed by atoms with Crippen LogP contribution in [0.3, 0.4) is 0 Å². The van der Waals surface area contributed by atoms with Crippen LogP contribution < -0.4 is 10.9 Å². The summed E-state index contributed by atoms with van der Waals surface area (Å²) in [6.45, 7) is 5.21. The second kappa shape index (κ2) is 6.66. The number of hydrogen-bond acceptors (Lipinski definition) is 4. The van der Waals surface area contributed by atoms with Gasteiger partial charge in [0.2, 0.25) is 11.7 Å². The Morgan fingerprint density at radius 3 is 2.46 bits per heavy atom. The predicted molar refractivity (Wildman–Crippen MR) is 91.1 cm³/mol. The number of hydrogen-bond donors (Lipinski definition) is 1. The molecule has 0 aliphatic heterocycles. The SMILES string of the molecule is Cc1nc2n(CC(=O)Nc3cc(F)cc(F)c3)c(C(C)C)cc(=O)n2n1. The average molecular weight is 361 g/mol.